The van der Waals surface area contributed by atoms with Crippen LogP contribution in [0.15, 0.2) is 84.6 Å². The van der Waals surface area contributed by atoms with E-state index in [1.54, 1.807) is 0 Å². The van der Waals surface area contributed by atoms with Crippen LogP contribution in [0.4, 0.5) is 0 Å². The quantitative estimate of drug-likeness (QED) is 0.329. The van der Waals surface area contributed by atoms with Gasteiger partial charge in [0.25, 0.3) is 0 Å². The Morgan fingerprint density at radius 2 is 1.35 bits per heavy atom. The van der Waals surface area contributed by atoms with E-state index in [4.69, 9.17) is 0 Å². The highest BCUT2D eigenvalue weighted by molar-refractivity contribution is 6.95. The van der Waals surface area contributed by atoms with Crippen LogP contribution in [0.1, 0.15) is 25.7 Å². The fraction of sp³-hybridized carbons (Fsp3) is 0.393. The predicted molar refractivity (Wildman–Crippen MR) is 141 cm³/mol. The van der Waals surface area contributed by atoms with Crippen LogP contribution < -0.4 is 10.4 Å². The van der Waals surface area contributed by atoms with Gasteiger partial charge in [0.15, 0.2) is 0 Å². The fourth-order valence-corrected chi connectivity index (χ4v) is 9.89. The number of Topliss-reactive ketones (excluding diaryl/α,β-unsaturated/α-hetero) is 1. The second kappa shape index (κ2) is 9.66. The first-order valence-corrected chi connectivity index (χ1v) is 17.8. The van der Waals surface area contributed by atoms with Crippen LogP contribution in [0, 0.1) is 11.8 Å². The van der Waals surface area contributed by atoms with Crippen molar-refractivity contribution in [2.45, 2.75) is 57.9 Å². The number of ketones is 1. The zero-order valence-corrected chi connectivity index (χ0v) is 21.8. The predicted octanol–water partition coefficient (Wildman–Crippen LogP) is 6.24. The van der Waals surface area contributed by atoms with Crippen LogP contribution >= 0.6 is 0 Å². The molecule has 1 aliphatic carbocycles. The lowest BCUT2D eigenvalue weighted by Crippen LogP contribution is -2.44. The van der Waals surface area contributed by atoms with Crippen molar-refractivity contribution in [1.82, 2.24) is 0 Å². The van der Waals surface area contributed by atoms with E-state index in [1.165, 1.54) is 15.9 Å². The van der Waals surface area contributed by atoms with Gasteiger partial charge in [-0.15, -0.1) is 6.58 Å². The first-order valence-electron chi connectivity index (χ1n) is 11.6. The highest BCUT2D eigenvalue weighted by atomic mass is 28.3. The van der Waals surface area contributed by atoms with Crippen molar-refractivity contribution in [2.75, 3.05) is 0 Å². The first kappa shape index (κ1) is 23.7. The molecule has 3 rings (SSSR count). The summed E-state index contributed by atoms with van der Waals surface area (Å²) in [5, 5.41) is 3.98. The second-order valence-corrected chi connectivity index (χ2v) is 19.7. The minimum Gasteiger partial charge on any atom is -0.299 e. The number of benzene rings is 2. The SMILES string of the molecule is C=C(C[Si](C)(C)c1ccccc1)C1CCCC1C(=O)CC(=C)[Si](C)(C)c1ccccc1. The summed E-state index contributed by atoms with van der Waals surface area (Å²) in [4.78, 5) is 13.4. The lowest BCUT2D eigenvalue weighted by atomic mass is 9.86. The molecule has 1 fully saturated rings. The normalized spacial score (nSPS) is 19.2. The Morgan fingerprint density at radius 3 is 1.94 bits per heavy atom. The van der Waals surface area contributed by atoms with Gasteiger partial charge in [-0.25, -0.2) is 0 Å². The molecular formula is C28H38OSi2. The smallest absolute Gasteiger partial charge is 0.140 e. The van der Waals surface area contributed by atoms with Crippen molar-refractivity contribution in [3.8, 4) is 0 Å². The summed E-state index contributed by atoms with van der Waals surface area (Å²) in [6.45, 7) is 18.4. The molecule has 31 heavy (non-hydrogen) atoms. The van der Waals surface area contributed by atoms with E-state index in [0.717, 1.165) is 30.5 Å². The van der Waals surface area contributed by atoms with Gasteiger partial charge in [-0.05, 0) is 24.8 Å². The molecule has 0 spiro atoms. The van der Waals surface area contributed by atoms with Crippen molar-refractivity contribution >= 4 is 32.3 Å². The molecule has 0 bridgehead atoms. The number of carbonyl (C=O) groups is 1. The fourth-order valence-electron chi connectivity index (χ4n) is 5.15. The summed E-state index contributed by atoms with van der Waals surface area (Å²) < 4.78 is 0. The first-order chi connectivity index (χ1) is 14.6. The van der Waals surface area contributed by atoms with E-state index in [9.17, 15) is 4.79 Å². The lowest BCUT2D eigenvalue weighted by molar-refractivity contribution is -0.122. The van der Waals surface area contributed by atoms with Gasteiger partial charge in [-0.1, -0.05) is 121 Å². The number of hydrogen-bond donors (Lipinski definition) is 0. The molecule has 0 aromatic heterocycles. The minimum atomic E-state index is -1.86. The van der Waals surface area contributed by atoms with Gasteiger partial charge < -0.3 is 0 Å². The summed E-state index contributed by atoms with van der Waals surface area (Å²) >= 11 is 0. The standard InChI is InChI=1S/C28H38OSi2/c1-22(21-30(3,4)24-14-9-7-10-15-24)26-18-13-19-27(26)28(29)20-23(2)31(5,6)25-16-11-8-12-17-25/h7-12,14-17,26-27H,1-2,13,18-21H2,3-6H3. The van der Waals surface area contributed by atoms with E-state index in [2.05, 4.69) is 100 Å². The molecule has 0 amide bonds. The van der Waals surface area contributed by atoms with Gasteiger partial charge in [-0.2, -0.15) is 0 Å². The van der Waals surface area contributed by atoms with Crippen molar-refractivity contribution in [1.29, 1.82) is 0 Å². The van der Waals surface area contributed by atoms with E-state index in [-0.39, 0.29) is 5.92 Å². The van der Waals surface area contributed by atoms with Crippen LogP contribution in [0.25, 0.3) is 0 Å². The van der Waals surface area contributed by atoms with E-state index < -0.39 is 16.1 Å². The van der Waals surface area contributed by atoms with Crippen LogP contribution in [0.2, 0.25) is 32.2 Å². The Hall–Kier alpha value is -1.98. The molecule has 1 aliphatic rings. The summed E-state index contributed by atoms with van der Waals surface area (Å²) in [6.07, 6.45) is 3.79. The van der Waals surface area contributed by atoms with Gasteiger partial charge >= 0.3 is 0 Å². The maximum absolute atomic E-state index is 13.4. The van der Waals surface area contributed by atoms with E-state index >= 15 is 0 Å². The molecule has 2 aromatic rings. The highest BCUT2D eigenvalue weighted by Crippen LogP contribution is 2.40. The Kier molecular flexibility index (Phi) is 7.38. The summed E-state index contributed by atoms with van der Waals surface area (Å²) in [5.74, 6) is 0.868. The van der Waals surface area contributed by atoms with Gasteiger partial charge in [-0.3, -0.25) is 4.79 Å². The molecule has 3 heteroatoms. The van der Waals surface area contributed by atoms with E-state index in [1.807, 2.05) is 0 Å². The number of hydrogen-bond acceptors (Lipinski definition) is 1. The van der Waals surface area contributed by atoms with Crippen LogP contribution in [0.3, 0.4) is 0 Å². The number of rotatable bonds is 9. The molecule has 0 aliphatic heterocycles. The largest absolute Gasteiger partial charge is 0.299 e. The molecule has 0 N–H and O–H groups in total. The van der Waals surface area contributed by atoms with Crippen molar-refractivity contribution in [3.63, 3.8) is 0 Å². The molecule has 1 nitrogen and oxygen atoms in total. The van der Waals surface area contributed by atoms with E-state index in [0.29, 0.717) is 18.1 Å². The van der Waals surface area contributed by atoms with Crippen LogP contribution in [-0.4, -0.2) is 21.9 Å². The third-order valence-corrected chi connectivity index (χ3v) is 14.4. The molecular weight excluding hydrogens is 408 g/mol. The maximum atomic E-state index is 13.4. The Morgan fingerprint density at radius 1 is 0.839 bits per heavy atom. The zero-order chi connectivity index (χ0) is 22.6. The Balaban J connectivity index is 1.67. The molecule has 1 saturated carbocycles. The van der Waals surface area contributed by atoms with Gasteiger partial charge in [0.2, 0.25) is 0 Å². The molecule has 0 saturated heterocycles. The third kappa shape index (κ3) is 5.45. The minimum absolute atomic E-state index is 0.130. The molecule has 2 aromatic carbocycles. The van der Waals surface area contributed by atoms with Gasteiger partial charge in [0.1, 0.15) is 13.9 Å². The average molecular weight is 447 g/mol. The topological polar surface area (TPSA) is 17.1 Å². The van der Waals surface area contributed by atoms with Gasteiger partial charge in [0, 0.05) is 12.3 Å². The summed E-state index contributed by atoms with van der Waals surface area (Å²) in [5.41, 5.74) is 1.31. The average Bonchev–Trinajstić information content (AvgIpc) is 3.25. The van der Waals surface area contributed by atoms with Crippen molar-refractivity contribution < 1.29 is 4.79 Å². The lowest BCUT2D eigenvalue weighted by Gasteiger charge is -2.30. The van der Waals surface area contributed by atoms with Crippen LogP contribution in [-0.2, 0) is 4.79 Å². The van der Waals surface area contributed by atoms with Crippen LogP contribution in [0.5, 0.6) is 0 Å². The van der Waals surface area contributed by atoms with Crippen molar-refractivity contribution in [2.24, 2.45) is 11.8 Å². The third-order valence-electron chi connectivity index (χ3n) is 7.45. The second-order valence-electron chi connectivity index (χ2n) is 10.5. The zero-order valence-electron chi connectivity index (χ0n) is 19.8. The molecule has 0 heterocycles. The highest BCUT2D eigenvalue weighted by Gasteiger charge is 2.38. The summed E-state index contributed by atoms with van der Waals surface area (Å²) in [7, 11) is -3.46. The number of carbonyl (C=O) groups excluding carboxylic acids is 1. The molecule has 2 atom stereocenters. The summed E-state index contributed by atoms with van der Waals surface area (Å²) in [6, 6.07) is 22.6. The molecule has 0 radical (unpaired) electrons. The van der Waals surface area contributed by atoms with Crippen molar-refractivity contribution in [3.05, 3.63) is 84.6 Å². The Labute approximate surface area is 191 Å². The Bertz CT molecular complexity index is 928. The van der Waals surface area contributed by atoms with Gasteiger partial charge in [0.05, 0.1) is 8.07 Å². The molecule has 2 unspecified atom stereocenters. The monoisotopic (exact) mass is 446 g/mol. The molecule has 164 valence electrons. The maximum Gasteiger partial charge on any atom is 0.140 e. The number of allylic oxidation sites excluding steroid dienone is 2.